The molecule has 1 N–H and O–H groups in total. The number of nitrogens with one attached hydrogen (secondary N) is 1. The Kier molecular flexibility index (Phi) is 7.18. The highest BCUT2D eigenvalue weighted by atomic mass is 35.5. The van der Waals surface area contributed by atoms with Crippen molar-refractivity contribution in [3.05, 3.63) is 58.6 Å². The van der Waals surface area contributed by atoms with E-state index < -0.39 is 0 Å². The number of halogens is 1. The van der Waals surface area contributed by atoms with Gasteiger partial charge in [0.05, 0.1) is 44.2 Å². The fourth-order valence-electron chi connectivity index (χ4n) is 2.55. The first-order chi connectivity index (χ1) is 13.7. The number of aliphatic imine (C=N–C) groups is 1. The number of aromatic amines is 1. The number of rotatable bonds is 10. The fraction of sp³-hybridized carbons (Fsp3) is 0.316. The highest BCUT2D eigenvalue weighted by Gasteiger charge is 2.12. The summed E-state index contributed by atoms with van der Waals surface area (Å²) in [5.41, 5.74) is 1.66. The lowest BCUT2D eigenvalue weighted by Crippen LogP contribution is -2.23. The van der Waals surface area contributed by atoms with Gasteiger partial charge >= 0.3 is 0 Å². The first-order valence-electron chi connectivity index (χ1n) is 8.64. The van der Waals surface area contributed by atoms with Crippen molar-refractivity contribution in [2.45, 2.75) is 19.4 Å². The standard InChI is InChI=1S/C19H21ClN4O4/c1-26-12-22-17-7-16-18(19(25)23-17)21-11-24(16)13-28-15(8-20)10-27-9-14-5-3-2-4-6-14/h2-7,11-12,15H,8-10,13H2,1H3,(H,23,25)/b22-12-. The van der Waals surface area contributed by atoms with Crippen LogP contribution in [0.15, 0.2) is 52.5 Å². The van der Waals surface area contributed by atoms with Crippen LogP contribution in [0.25, 0.3) is 11.0 Å². The Morgan fingerprint density at radius 3 is 2.93 bits per heavy atom. The quantitative estimate of drug-likeness (QED) is 0.319. The van der Waals surface area contributed by atoms with Crippen LogP contribution in [0.2, 0.25) is 0 Å². The van der Waals surface area contributed by atoms with Crippen molar-refractivity contribution >= 4 is 34.9 Å². The molecular formula is C19H21ClN4O4. The Hall–Kier alpha value is -2.68. The lowest BCUT2D eigenvalue weighted by molar-refractivity contribution is -0.0365. The van der Waals surface area contributed by atoms with E-state index in [9.17, 15) is 4.79 Å². The summed E-state index contributed by atoms with van der Waals surface area (Å²) in [6.07, 6.45) is 2.48. The predicted molar refractivity (Wildman–Crippen MR) is 107 cm³/mol. The van der Waals surface area contributed by atoms with E-state index in [1.54, 1.807) is 17.0 Å². The lowest BCUT2D eigenvalue weighted by Gasteiger charge is -2.16. The number of alkyl halides is 1. The minimum atomic E-state index is -0.334. The predicted octanol–water partition coefficient (Wildman–Crippen LogP) is 2.83. The number of benzene rings is 1. The van der Waals surface area contributed by atoms with Gasteiger partial charge in [-0.1, -0.05) is 30.3 Å². The van der Waals surface area contributed by atoms with Crippen LogP contribution >= 0.6 is 11.6 Å². The van der Waals surface area contributed by atoms with Crippen LogP contribution in [0, 0.1) is 0 Å². The molecule has 2 aromatic heterocycles. The first kappa shape index (κ1) is 20.1. The van der Waals surface area contributed by atoms with Crippen LogP contribution in [0.3, 0.4) is 0 Å². The number of ether oxygens (including phenoxy) is 3. The molecule has 0 amide bonds. The molecular weight excluding hydrogens is 384 g/mol. The zero-order valence-electron chi connectivity index (χ0n) is 15.4. The van der Waals surface area contributed by atoms with E-state index in [0.717, 1.165) is 5.56 Å². The second-order valence-electron chi connectivity index (χ2n) is 5.97. The summed E-state index contributed by atoms with van der Waals surface area (Å²) in [5.74, 6) is 0.645. The molecule has 8 nitrogen and oxygen atoms in total. The van der Waals surface area contributed by atoms with Crippen molar-refractivity contribution in [3.63, 3.8) is 0 Å². The molecule has 0 radical (unpaired) electrons. The maximum absolute atomic E-state index is 12.1. The number of hydrogen-bond acceptors (Lipinski definition) is 6. The number of methoxy groups -OCH3 is 1. The summed E-state index contributed by atoms with van der Waals surface area (Å²) in [7, 11) is 1.48. The summed E-state index contributed by atoms with van der Waals surface area (Å²) in [4.78, 5) is 22.9. The molecule has 0 aliphatic carbocycles. The molecule has 1 atom stereocenters. The molecule has 0 saturated heterocycles. The Morgan fingerprint density at radius 1 is 1.36 bits per heavy atom. The highest BCUT2D eigenvalue weighted by molar-refractivity contribution is 6.18. The molecule has 1 unspecified atom stereocenters. The monoisotopic (exact) mass is 404 g/mol. The second-order valence-corrected chi connectivity index (χ2v) is 6.28. The maximum atomic E-state index is 12.1. The van der Waals surface area contributed by atoms with Crippen molar-refractivity contribution in [3.8, 4) is 0 Å². The van der Waals surface area contributed by atoms with Crippen molar-refractivity contribution in [1.82, 2.24) is 14.5 Å². The number of H-pyrrole nitrogens is 1. The van der Waals surface area contributed by atoms with E-state index in [0.29, 0.717) is 30.1 Å². The number of fused-ring (bicyclic) bond motifs is 1. The highest BCUT2D eigenvalue weighted by Crippen LogP contribution is 2.15. The molecule has 0 fully saturated rings. The Bertz CT molecular complexity index is 971. The average molecular weight is 405 g/mol. The normalized spacial score (nSPS) is 12.6. The molecule has 0 aliphatic rings. The summed E-state index contributed by atoms with van der Waals surface area (Å²) in [6.45, 7) is 1.02. The van der Waals surface area contributed by atoms with Gasteiger partial charge in [0.25, 0.3) is 5.56 Å². The van der Waals surface area contributed by atoms with E-state index in [4.69, 9.17) is 25.8 Å². The molecule has 0 aliphatic heterocycles. The van der Waals surface area contributed by atoms with Crippen molar-refractivity contribution < 1.29 is 14.2 Å². The molecule has 3 aromatic rings. The number of hydrogen-bond donors (Lipinski definition) is 1. The van der Waals surface area contributed by atoms with Crippen LogP contribution < -0.4 is 5.56 Å². The third-order valence-corrected chi connectivity index (χ3v) is 4.29. The number of nitrogens with zero attached hydrogens (tertiary/aromatic N) is 3. The van der Waals surface area contributed by atoms with E-state index in [1.165, 1.54) is 13.5 Å². The van der Waals surface area contributed by atoms with Gasteiger partial charge in [0, 0.05) is 6.07 Å². The smallest absolute Gasteiger partial charge is 0.277 e. The van der Waals surface area contributed by atoms with E-state index >= 15 is 0 Å². The molecule has 1 aromatic carbocycles. The Labute approximate surface area is 166 Å². The van der Waals surface area contributed by atoms with Gasteiger partial charge < -0.3 is 23.8 Å². The number of aromatic nitrogens is 3. The fourth-order valence-corrected chi connectivity index (χ4v) is 2.72. The molecule has 148 valence electrons. The van der Waals surface area contributed by atoms with E-state index in [-0.39, 0.29) is 24.3 Å². The zero-order valence-corrected chi connectivity index (χ0v) is 16.1. The van der Waals surface area contributed by atoms with Gasteiger partial charge in [-0.15, -0.1) is 11.6 Å². The second kappa shape index (κ2) is 10.0. The minimum absolute atomic E-state index is 0.180. The minimum Gasteiger partial charge on any atom is -0.486 e. The van der Waals surface area contributed by atoms with Crippen LogP contribution in [-0.2, 0) is 27.5 Å². The largest absolute Gasteiger partial charge is 0.486 e. The van der Waals surface area contributed by atoms with Gasteiger partial charge in [0.1, 0.15) is 12.5 Å². The molecule has 2 heterocycles. The summed E-state index contributed by atoms with van der Waals surface area (Å²) < 4.78 is 18.0. The maximum Gasteiger partial charge on any atom is 0.277 e. The molecule has 0 bridgehead atoms. The average Bonchev–Trinajstić information content (AvgIpc) is 3.13. The van der Waals surface area contributed by atoms with Gasteiger partial charge in [-0.2, -0.15) is 0 Å². The molecule has 28 heavy (non-hydrogen) atoms. The summed E-state index contributed by atoms with van der Waals surface area (Å²) in [6, 6.07) is 11.6. The van der Waals surface area contributed by atoms with Gasteiger partial charge in [-0.3, -0.25) is 4.79 Å². The summed E-state index contributed by atoms with van der Waals surface area (Å²) in [5, 5.41) is 0. The summed E-state index contributed by atoms with van der Waals surface area (Å²) >= 11 is 6.00. The van der Waals surface area contributed by atoms with Crippen molar-refractivity contribution in [1.29, 1.82) is 0 Å². The van der Waals surface area contributed by atoms with Crippen LogP contribution in [0.5, 0.6) is 0 Å². The van der Waals surface area contributed by atoms with Crippen LogP contribution in [-0.4, -0.2) is 46.6 Å². The molecule has 0 saturated carbocycles. The van der Waals surface area contributed by atoms with E-state index in [1.807, 2.05) is 30.3 Å². The van der Waals surface area contributed by atoms with Gasteiger partial charge in [0.2, 0.25) is 0 Å². The van der Waals surface area contributed by atoms with Crippen LogP contribution in [0.1, 0.15) is 5.56 Å². The lowest BCUT2D eigenvalue weighted by atomic mass is 10.2. The molecule has 3 rings (SSSR count). The zero-order chi connectivity index (χ0) is 19.8. The van der Waals surface area contributed by atoms with Crippen LogP contribution in [0.4, 0.5) is 5.82 Å². The first-order valence-corrected chi connectivity index (χ1v) is 9.17. The third kappa shape index (κ3) is 5.19. The Balaban J connectivity index is 1.62. The van der Waals surface area contributed by atoms with Gasteiger partial charge in [-0.05, 0) is 5.56 Å². The van der Waals surface area contributed by atoms with Gasteiger partial charge in [-0.25, -0.2) is 9.98 Å². The topological polar surface area (TPSA) is 90.7 Å². The number of pyridine rings is 1. The van der Waals surface area contributed by atoms with Crippen molar-refractivity contribution in [2.75, 3.05) is 19.6 Å². The number of imidazole rings is 1. The third-order valence-electron chi connectivity index (χ3n) is 3.94. The Morgan fingerprint density at radius 2 is 2.18 bits per heavy atom. The van der Waals surface area contributed by atoms with Crippen molar-refractivity contribution in [2.24, 2.45) is 4.99 Å². The van der Waals surface area contributed by atoms with Gasteiger partial charge in [0.15, 0.2) is 11.9 Å². The molecule has 0 spiro atoms. The molecule has 9 heteroatoms. The van der Waals surface area contributed by atoms with E-state index in [2.05, 4.69) is 15.0 Å². The SMILES string of the molecule is CO/C=N\c1cc2c(ncn2COC(CCl)COCc2ccccc2)c(=O)[nH]1.